The molecule has 0 bridgehead atoms. The van der Waals surface area contributed by atoms with Crippen molar-refractivity contribution in [3.8, 4) is 0 Å². The molecule has 1 aliphatic rings. The van der Waals surface area contributed by atoms with Crippen LogP contribution < -0.4 is 5.32 Å². The minimum Gasteiger partial charge on any atom is -0.354 e. The van der Waals surface area contributed by atoms with Crippen molar-refractivity contribution >= 4 is 23.6 Å². The fourth-order valence-corrected chi connectivity index (χ4v) is 4.14. The van der Waals surface area contributed by atoms with E-state index in [1.807, 2.05) is 37.3 Å². The molecule has 1 N–H and O–H groups in total. The van der Waals surface area contributed by atoms with Gasteiger partial charge in [-0.2, -0.15) is 0 Å². The number of benzene rings is 2. The second-order valence-electron chi connectivity index (χ2n) is 5.72. The van der Waals surface area contributed by atoms with Crippen molar-refractivity contribution in [2.24, 2.45) is 0 Å². The molecule has 0 radical (unpaired) electrons. The Morgan fingerprint density at radius 2 is 1.92 bits per heavy atom. The number of rotatable bonds is 5. The summed E-state index contributed by atoms with van der Waals surface area (Å²) in [6.07, 6.45) is 0. The summed E-state index contributed by atoms with van der Waals surface area (Å²) in [5.41, 5.74) is 1.57. The Labute approximate surface area is 150 Å². The van der Waals surface area contributed by atoms with Gasteiger partial charge in [0.05, 0.1) is 5.75 Å². The number of nitrogens with zero attached hydrogens (tertiary/aromatic N) is 1. The fraction of sp³-hybridized carbons (Fsp3) is 0.263. The van der Waals surface area contributed by atoms with Gasteiger partial charge in [-0.3, -0.25) is 9.59 Å². The highest BCUT2D eigenvalue weighted by Gasteiger charge is 2.41. The number of nitrogens with one attached hydrogen (secondary N) is 1. The third-order valence-corrected chi connectivity index (χ3v) is 5.28. The second-order valence-corrected chi connectivity index (χ2v) is 6.79. The van der Waals surface area contributed by atoms with Crippen LogP contribution in [-0.2, 0) is 9.59 Å². The highest BCUT2D eigenvalue weighted by atomic mass is 32.2. The number of amides is 2. The normalized spacial score (nSPS) is 18.2. The van der Waals surface area contributed by atoms with Crippen molar-refractivity contribution < 1.29 is 14.0 Å². The number of carbonyl (C=O) groups is 2. The number of likely N-dealkylation sites (N-methyl/N-ethyl adjacent to an activating group) is 1. The molecule has 25 heavy (non-hydrogen) atoms. The Morgan fingerprint density at radius 3 is 2.56 bits per heavy atom. The van der Waals surface area contributed by atoms with Crippen LogP contribution in [0, 0.1) is 5.82 Å². The lowest BCUT2D eigenvalue weighted by atomic mass is 10.0. The molecule has 130 valence electrons. The molecule has 2 aromatic rings. The third-order valence-electron chi connectivity index (χ3n) is 4.05. The Balaban J connectivity index is 2.01. The zero-order valence-electron chi connectivity index (χ0n) is 13.8. The number of halogens is 1. The SMILES string of the molecule is CCNC(=O)[C@H](c1ccccc1)N1C(=O)CS[C@@H]1c1ccc(F)cc1. The predicted octanol–water partition coefficient (Wildman–Crippen LogP) is 3.28. The quantitative estimate of drug-likeness (QED) is 0.892. The summed E-state index contributed by atoms with van der Waals surface area (Å²) in [5.74, 6) is -0.339. The molecule has 1 saturated heterocycles. The van der Waals surface area contributed by atoms with E-state index in [0.717, 1.165) is 11.1 Å². The van der Waals surface area contributed by atoms with Crippen LogP contribution in [0.15, 0.2) is 54.6 Å². The predicted molar refractivity (Wildman–Crippen MR) is 96.3 cm³/mol. The maximum absolute atomic E-state index is 13.2. The zero-order valence-corrected chi connectivity index (χ0v) is 14.6. The lowest BCUT2D eigenvalue weighted by molar-refractivity contribution is -0.138. The van der Waals surface area contributed by atoms with Crippen molar-refractivity contribution in [1.29, 1.82) is 0 Å². The van der Waals surface area contributed by atoms with Gasteiger partial charge in [-0.15, -0.1) is 11.8 Å². The molecule has 2 atom stereocenters. The van der Waals surface area contributed by atoms with E-state index < -0.39 is 6.04 Å². The summed E-state index contributed by atoms with van der Waals surface area (Å²) in [7, 11) is 0. The van der Waals surface area contributed by atoms with Crippen molar-refractivity contribution in [2.45, 2.75) is 18.3 Å². The maximum atomic E-state index is 13.2. The van der Waals surface area contributed by atoms with Crippen LogP contribution >= 0.6 is 11.8 Å². The molecule has 0 aromatic heterocycles. The first kappa shape index (κ1) is 17.5. The van der Waals surface area contributed by atoms with Crippen molar-refractivity contribution in [2.75, 3.05) is 12.3 Å². The molecular weight excluding hydrogens is 339 g/mol. The topological polar surface area (TPSA) is 49.4 Å². The van der Waals surface area contributed by atoms with Gasteiger partial charge in [-0.05, 0) is 30.2 Å². The number of hydrogen-bond donors (Lipinski definition) is 1. The van der Waals surface area contributed by atoms with E-state index in [2.05, 4.69) is 5.32 Å². The second kappa shape index (κ2) is 7.70. The van der Waals surface area contributed by atoms with Crippen LogP contribution in [0.4, 0.5) is 4.39 Å². The molecule has 2 amide bonds. The first-order chi connectivity index (χ1) is 12.1. The molecule has 0 spiro atoms. The molecule has 1 heterocycles. The summed E-state index contributed by atoms with van der Waals surface area (Å²) < 4.78 is 13.2. The third kappa shape index (κ3) is 3.69. The molecular formula is C19H19FN2O2S. The summed E-state index contributed by atoms with van der Waals surface area (Å²) >= 11 is 1.45. The van der Waals surface area contributed by atoms with Gasteiger partial charge in [0.25, 0.3) is 0 Å². The van der Waals surface area contributed by atoms with Gasteiger partial charge in [0.15, 0.2) is 0 Å². The van der Waals surface area contributed by atoms with Crippen LogP contribution in [-0.4, -0.2) is 29.0 Å². The van der Waals surface area contributed by atoms with Crippen LogP contribution in [0.5, 0.6) is 0 Å². The molecule has 2 aromatic carbocycles. The van der Waals surface area contributed by atoms with Crippen LogP contribution in [0.3, 0.4) is 0 Å². The highest BCUT2D eigenvalue weighted by molar-refractivity contribution is 8.00. The number of thioether (sulfide) groups is 1. The lowest BCUT2D eigenvalue weighted by Crippen LogP contribution is -2.42. The summed E-state index contributed by atoms with van der Waals surface area (Å²) in [6, 6.07) is 14.6. The van der Waals surface area contributed by atoms with Crippen molar-refractivity contribution in [3.05, 3.63) is 71.5 Å². The monoisotopic (exact) mass is 358 g/mol. The number of carbonyl (C=O) groups excluding carboxylic acids is 2. The van der Waals surface area contributed by atoms with E-state index >= 15 is 0 Å². The standard InChI is InChI=1S/C19H19FN2O2S/c1-2-21-18(24)17(13-6-4-3-5-7-13)22-16(23)12-25-19(22)14-8-10-15(20)11-9-14/h3-11,17,19H,2,12H2,1H3,(H,21,24)/t17-,19+/m0/s1. The summed E-state index contributed by atoms with van der Waals surface area (Å²) in [6.45, 7) is 2.33. The molecule has 1 fully saturated rings. The largest absolute Gasteiger partial charge is 0.354 e. The van der Waals surface area contributed by atoms with E-state index in [1.165, 1.54) is 23.9 Å². The molecule has 0 aliphatic carbocycles. The maximum Gasteiger partial charge on any atom is 0.247 e. The smallest absolute Gasteiger partial charge is 0.247 e. The summed E-state index contributed by atoms with van der Waals surface area (Å²) in [4.78, 5) is 26.9. The fourth-order valence-electron chi connectivity index (χ4n) is 2.94. The first-order valence-corrected chi connectivity index (χ1v) is 9.17. The molecule has 1 aliphatic heterocycles. The molecule has 6 heteroatoms. The molecule has 3 rings (SSSR count). The Kier molecular flexibility index (Phi) is 5.38. The van der Waals surface area contributed by atoms with Crippen molar-refractivity contribution in [3.63, 3.8) is 0 Å². The number of hydrogen-bond acceptors (Lipinski definition) is 3. The van der Waals surface area contributed by atoms with Gasteiger partial charge in [-0.25, -0.2) is 4.39 Å². The minimum atomic E-state index is -0.710. The van der Waals surface area contributed by atoms with E-state index in [0.29, 0.717) is 12.3 Å². The Morgan fingerprint density at radius 1 is 1.24 bits per heavy atom. The van der Waals surface area contributed by atoms with E-state index in [1.54, 1.807) is 17.0 Å². The lowest BCUT2D eigenvalue weighted by Gasteiger charge is -2.32. The van der Waals surface area contributed by atoms with E-state index in [9.17, 15) is 14.0 Å². The Hall–Kier alpha value is -2.34. The average Bonchev–Trinajstić information content (AvgIpc) is 2.99. The van der Waals surface area contributed by atoms with Gasteiger partial charge >= 0.3 is 0 Å². The van der Waals surface area contributed by atoms with Crippen molar-refractivity contribution in [1.82, 2.24) is 10.2 Å². The van der Waals surface area contributed by atoms with E-state index in [4.69, 9.17) is 0 Å². The van der Waals surface area contributed by atoms with Gasteiger partial charge in [0.2, 0.25) is 11.8 Å². The first-order valence-electron chi connectivity index (χ1n) is 8.12. The van der Waals surface area contributed by atoms with Crippen LogP contribution in [0.25, 0.3) is 0 Å². The average molecular weight is 358 g/mol. The molecule has 0 unspecified atom stereocenters. The highest BCUT2D eigenvalue weighted by Crippen LogP contribution is 2.43. The van der Waals surface area contributed by atoms with Gasteiger partial charge in [0, 0.05) is 6.54 Å². The van der Waals surface area contributed by atoms with E-state index in [-0.39, 0.29) is 23.0 Å². The van der Waals surface area contributed by atoms with Gasteiger partial charge < -0.3 is 10.2 Å². The Bertz CT molecular complexity index is 752. The zero-order chi connectivity index (χ0) is 17.8. The minimum absolute atomic E-state index is 0.0977. The van der Waals surface area contributed by atoms with Gasteiger partial charge in [-0.1, -0.05) is 42.5 Å². The molecule has 4 nitrogen and oxygen atoms in total. The van der Waals surface area contributed by atoms with Crippen LogP contribution in [0.1, 0.15) is 29.5 Å². The molecule has 0 saturated carbocycles. The van der Waals surface area contributed by atoms with Gasteiger partial charge in [0.1, 0.15) is 17.2 Å². The van der Waals surface area contributed by atoms with Crippen LogP contribution in [0.2, 0.25) is 0 Å². The summed E-state index contributed by atoms with van der Waals surface area (Å²) in [5, 5.41) is 2.50.